The van der Waals surface area contributed by atoms with E-state index in [9.17, 15) is 14.4 Å². The highest BCUT2D eigenvalue weighted by Crippen LogP contribution is 2.11. The van der Waals surface area contributed by atoms with Gasteiger partial charge in [-0.15, -0.1) is 10.2 Å². The van der Waals surface area contributed by atoms with Crippen molar-refractivity contribution in [2.45, 2.75) is 25.3 Å². The highest BCUT2D eigenvalue weighted by molar-refractivity contribution is 6.05. The third-order valence-corrected chi connectivity index (χ3v) is 5.02. The lowest BCUT2D eigenvalue weighted by atomic mass is 10.1. The zero-order chi connectivity index (χ0) is 20.9. The fourth-order valence-corrected chi connectivity index (χ4v) is 3.45. The summed E-state index contributed by atoms with van der Waals surface area (Å²) in [6.07, 6.45) is 2.85. The van der Waals surface area contributed by atoms with Crippen molar-refractivity contribution >= 4 is 23.5 Å². The monoisotopic (exact) mass is 406 g/mol. The molecule has 1 atom stereocenters. The summed E-state index contributed by atoms with van der Waals surface area (Å²) >= 11 is 0. The molecule has 3 aromatic rings. The van der Waals surface area contributed by atoms with E-state index in [1.165, 1.54) is 4.90 Å². The van der Waals surface area contributed by atoms with Crippen LogP contribution in [0.1, 0.15) is 17.8 Å². The van der Waals surface area contributed by atoms with Crippen molar-refractivity contribution in [2.75, 3.05) is 13.1 Å². The zero-order valence-corrected chi connectivity index (χ0v) is 16.3. The van der Waals surface area contributed by atoms with Gasteiger partial charge in [-0.3, -0.25) is 18.9 Å². The largest absolute Gasteiger partial charge is 0.356 e. The van der Waals surface area contributed by atoms with E-state index in [0.717, 1.165) is 17.0 Å². The number of amides is 4. The Morgan fingerprint density at radius 1 is 1.03 bits per heavy atom. The molecule has 30 heavy (non-hydrogen) atoms. The topological polar surface area (TPSA) is 109 Å². The molecule has 4 amide bonds. The van der Waals surface area contributed by atoms with Crippen LogP contribution in [0.3, 0.4) is 0 Å². The van der Waals surface area contributed by atoms with Crippen LogP contribution in [0.15, 0.2) is 54.7 Å². The van der Waals surface area contributed by atoms with Crippen LogP contribution in [-0.4, -0.2) is 56.5 Å². The van der Waals surface area contributed by atoms with E-state index in [0.29, 0.717) is 19.4 Å². The highest BCUT2D eigenvalue weighted by atomic mass is 16.2. The third-order valence-electron chi connectivity index (χ3n) is 5.02. The molecule has 0 radical (unpaired) electrons. The van der Waals surface area contributed by atoms with Gasteiger partial charge in [-0.05, 0) is 24.1 Å². The summed E-state index contributed by atoms with van der Waals surface area (Å²) in [5.41, 5.74) is 1.79. The minimum atomic E-state index is -0.831. The normalized spacial score (nSPS) is 16.1. The zero-order valence-electron chi connectivity index (χ0n) is 16.3. The quantitative estimate of drug-likeness (QED) is 0.541. The Bertz CT molecular complexity index is 1060. The van der Waals surface area contributed by atoms with Crippen molar-refractivity contribution in [1.29, 1.82) is 0 Å². The fourth-order valence-electron chi connectivity index (χ4n) is 3.45. The molecule has 0 bridgehead atoms. The molecule has 0 aliphatic carbocycles. The summed E-state index contributed by atoms with van der Waals surface area (Å²) in [6.45, 7) is 0.647. The molecule has 154 valence electrons. The second kappa shape index (κ2) is 8.73. The van der Waals surface area contributed by atoms with Gasteiger partial charge in [0, 0.05) is 25.7 Å². The molecule has 3 heterocycles. The van der Waals surface area contributed by atoms with Gasteiger partial charge in [0.1, 0.15) is 11.9 Å². The number of aromatic nitrogens is 3. The Hall–Kier alpha value is -3.75. The van der Waals surface area contributed by atoms with Gasteiger partial charge in [0.15, 0.2) is 5.65 Å². The number of rotatable bonds is 8. The summed E-state index contributed by atoms with van der Waals surface area (Å²) < 4.78 is 1.86. The second-order valence-electron chi connectivity index (χ2n) is 7.08. The molecule has 1 fully saturated rings. The van der Waals surface area contributed by atoms with Gasteiger partial charge in [0.2, 0.25) is 5.91 Å². The van der Waals surface area contributed by atoms with Crippen LogP contribution < -0.4 is 10.6 Å². The van der Waals surface area contributed by atoms with E-state index >= 15 is 0 Å². The van der Waals surface area contributed by atoms with Crippen LogP contribution in [0, 0.1) is 0 Å². The molecule has 0 saturated carbocycles. The molecule has 2 aromatic heterocycles. The van der Waals surface area contributed by atoms with E-state index in [1.807, 2.05) is 59.1 Å². The van der Waals surface area contributed by atoms with Gasteiger partial charge in [0.25, 0.3) is 5.91 Å². The van der Waals surface area contributed by atoms with Crippen LogP contribution >= 0.6 is 0 Å². The van der Waals surface area contributed by atoms with E-state index in [-0.39, 0.29) is 24.8 Å². The predicted molar refractivity (Wildman–Crippen MR) is 108 cm³/mol. The average Bonchev–Trinajstić information content (AvgIpc) is 3.28. The van der Waals surface area contributed by atoms with Gasteiger partial charge in [-0.1, -0.05) is 36.4 Å². The maximum Gasteiger partial charge on any atom is 0.324 e. The summed E-state index contributed by atoms with van der Waals surface area (Å²) in [6, 6.07) is 14.0. The van der Waals surface area contributed by atoms with Gasteiger partial charge < -0.3 is 10.6 Å². The summed E-state index contributed by atoms with van der Waals surface area (Å²) in [5.74, 6) is 0.0742. The van der Waals surface area contributed by atoms with Crippen molar-refractivity contribution in [2.24, 2.45) is 0 Å². The van der Waals surface area contributed by atoms with Crippen LogP contribution in [0.2, 0.25) is 0 Å². The Morgan fingerprint density at radius 3 is 2.67 bits per heavy atom. The first-order valence-corrected chi connectivity index (χ1v) is 9.83. The standard InChI is InChI=1S/C21H22N6O3/c28-19(22-11-9-18-25-24-17-8-4-5-12-26(17)18)14-16-20(29)27(21(30)23-16)13-10-15-6-2-1-3-7-15/h1-8,12,16H,9-11,13-14H2,(H,22,28)(H,23,30)/t16-/m0/s1. The minimum absolute atomic E-state index is 0.0903. The van der Waals surface area contributed by atoms with Crippen molar-refractivity contribution in [1.82, 2.24) is 30.1 Å². The van der Waals surface area contributed by atoms with E-state index in [2.05, 4.69) is 20.8 Å². The number of nitrogens with one attached hydrogen (secondary N) is 2. The Kier molecular flexibility index (Phi) is 5.69. The number of urea groups is 1. The van der Waals surface area contributed by atoms with Crippen molar-refractivity contribution < 1.29 is 14.4 Å². The maximum atomic E-state index is 12.5. The second-order valence-corrected chi connectivity index (χ2v) is 7.08. The van der Waals surface area contributed by atoms with Crippen molar-refractivity contribution in [3.8, 4) is 0 Å². The number of carbonyl (C=O) groups is 3. The van der Waals surface area contributed by atoms with Crippen LogP contribution in [0.5, 0.6) is 0 Å². The Morgan fingerprint density at radius 2 is 1.83 bits per heavy atom. The van der Waals surface area contributed by atoms with Gasteiger partial charge in [0.05, 0.1) is 6.42 Å². The summed E-state index contributed by atoms with van der Waals surface area (Å²) in [7, 11) is 0. The average molecular weight is 406 g/mol. The number of pyridine rings is 1. The first-order valence-electron chi connectivity index (χ1n) is 9.83. The molecule has 9 nitrogen and oxygen atoms in total. The molecule has 1 aliphatic heterocycles. The van der Waals surface area contributed by atoms with Crippen LogP contribution in [0.25, 0.3) is 5.65 Å². The maximum absolute atomic E-state index is 12.5. The number of fused-ring (bicyclic) bond motifs is 1. The fraction of sp³-hybridized carbons (Fsp3) is 0.286. The van der Waals surface area contributed by atoms with E-state index < -0.39 is 12.1 Å². The number of hydrogen-bond donors (Lipinski definition) is 2. The van der Waals surface area contributed by atoms with Gasteiger partial charge >= 0.3 is 6.03 Å². The Labute approximate surface area is 173 Å². The van der Waals surface area contributed by atoms with E-state index in [1.54, 1.807) is 0 Å². The molecule has 0 spiro atoms. The van der Waals surface area contributed by atoms with Crippen LogP contribution in [0.4, 0.5) is 4.79 Å². The SMILES string of the molecule is O=C(C[C@@H]1NC(=O)N(CCc2ccccc2)C1=O)NCCc1nnc2ccccn12. The molecule has 1 aromatic carbocycles. The van der Waals surface area contributed by atoms with Crippen LogP contribution in [-0.2, 0) is 22.4 Å². The van der Waals surface area contributed by atoms with Gasteiger partial charge in [-0.25, -0.2) is 4.79 Å². The summed E-state index contributed by atoms with van der Waals surface area (Å²) in [4.78, 5) is 38.1. The number of imide groups is 1. The number of carbonyl (C=O) groups excluding carboxylic acids is 3. The molecular formula is C21H22N6O3. The van der Waals surface area contributed by atoms with Crippen molar-refractivity contribution in [3.63, 3.8) is 0 Å². The smallest absolute Gasteiger partial charge is 0.324 e. The van der Waals surface area contributed by atoms with Crippen molar-refractivity contribution in [3.05, 3.63) is 66.1 Å². The molecule has 9 heteroatoms. The lowest BCUT2D eigenvalue weighted by Gasteiger charge is -2.13. The number of nitrogens with zero attached hydrogens (tertiary/aromatic N) is 4. The minimum Gasteiger partial charge on any atom is -0.356 e. The predicted octanol–water partition coefficient (Wildman–Crippen LogP) is 0.941. The molecular weight excluding hydrogens is 384 g/mol. The number of hydrogen-bond acceptors (Lipinski definition) is 5. The lowest BCUT2D eigenvalue weighted by Crippen LogP contribution is -2.37. The molecule has 4 rings (SSSR count). The lowest BCUT2D eigenvalue weighted by molar-refractivity contribution is -0.130. The highest BCUT2D eigenvalue weighted by Gasteiger charge is 2.38. The number of benzene rings is 1. The Balaban J connectivity index is 1.25. The first kappa shape index (κ1) is 19.6. The molecule has 0 unspecified atom stereocenters. The third kappa shape index (κ3) is 4.29. The van der Waals surface area contributed by atoms with E-state index in [4.69, 9.17) is 0 Å². The first-order chi connectivity index (χ1) is 14.6. The molecule has 2 N–H and O–H groups in total. The summed E-state index contributed by atoms with van der Waals surface area (Å²) in [5, 5.41) is 13.6. The van der Waals surface area contributed by atoms with Gasteiger partial charge in [-0.2, -0.15) is 0 Å². The molecule has 1 saturated heterocycles. The molecule has 1 aliphatic rings.